The third-order valence-electron chi connectivity index (χ3n) is 2.16. The van der Waals surface area contributed by atoms with Crippen molar-refractivity contribution in [2.75, 3.05) is 0 Å². The second-order valence-electron chi connectivity index (χ2n) is 2.90. The summed E-state index contributed by atoms with van der Waals surface area (Å²) in [5.74, 6) is 0. The van der Waals surface area contributed by atoms with Crippen molar-refractivity contribution in [2.45, 2.75) is 19.3 Å². The third-order valence-corrected chi connectivity index (χ3v) is 2.36. The number of hydrogen-bond acceptors (Lipinski definition) is 2. The van der Waals surface area contributed by atoms with Crippen molar-refractivity contribution in [1.82, 2.24) is 4.98 Å². The molecule has 1 aliphatic rings. The Morgan fingerprint density at radius 1 is 1.50 bits per heavy atom. The molecule has 2 nitrogen and oxygen atoms in total. The highest BCUT2D eigenvalue weighted by molar-refractivity contribution is 6.29. The molecule has 0 N–H and O–H groups in total. The molecule has 1 aliphatic carbocycles. The average molecular weight is 179 g/mol. The van der Waals surface area contributed by atoms with Crippen molar-refractivity contribution >= 4 is 11.6 Å². The van der Waals surface area contributed by atoms with Crippen LogP contribution in [-0.4, -0.2) is 4.98 Å². The molecule has 0 radical (unpaired) electrons. The van der Waals surface area contributed by atoms with Gasteiger partial charge in [-0.3, -0.25) is 0 Å². The quantitative estimate of drug-likeness (QED) is 0.571. The molecule has 0 unspecified atom stereocenters. The van der Waals surface area contributed by atoms with Crippen molar-refractivity contribution in [3.8, 4) is 6.07 Å². The topological polar surface area (TPSA) is 36.7 Å². The molecule has 12 heavy (non-hydrogen) atoms. The number of rotatable bonds is 0. The van der Waals surface area contributed by atoms with E-state index in [9.17, 15) is 0 Å². The molecule has 1 aromatic rings. The Morgan fingerprint density at radius 2 is 2.33 bits per heavy atom. The van der Waals surface area contributed by atoms with Crippen LogP contribution in [0.25, 0.3) is 0 Å². The van der Waals surface area contributed by atoms with E-state index >= 15 is 0 Å². The van der Waals surface area contributed by atoms with Crippen LogP contribution in [0.5, 0.6) is 0 Å². The fourth-order valence-electron chi connectivity index (χ4n) is 1.64. The van der Waals surface area contributed by atoms with Crippen molar-refractivity contribution < 1.29 is 0 Å². The highest BCUT2D eigenvalue weighted by Crippen LogP contribution is 2.26. The van der Waals surface area contributed by atoms with Gasteiger partial charge in [0.2, 0.25) is 0 Å². The Bertz CT molecular complexity index is 366. The lowest BCUT2D eigenvalue weighted by Gasteiger charge is -2.00. The minimum Gasteiger partial charge on any atom is -0.225 e. The summed E-state index contributed by atoms with van der Waals surface area (Å²) < 4.78 is 0. The third kappa shape index (κ3) is 1.07. The molecule has 0 saturated carbocycles. The molecule has 1 aromatic heterocycles. The van der Waals surface area contributed by atoms with Gasteiger partial charge in [0.25, 0.3) is 0 Å². The normalized spacial score (nSPS) is 14.0. The molecule has 2 rings (SSSR count). The van der Waals surface area contributed by atoms with Crippen LogP contribution in [0.1, 0.15) is 23.2 Å². The second-order valence-corrected chi connectivity index (χ2v) is 3.28. The Kier molecular flexibility index (Phi) is 1.74. The SMILES string of the molecule is N#Cc1nc(Cl)cc2c1CCC2. The first-order valence-corrected chi connectivity index (χ1v) is 4.27. The van der Waals surface area contributed by atoms with Crippen LogP contribution >= 0.6 is 11.6 Å². The summed E-state index contributed by atoms with van der Waals surface area (Å²) in [6, 6.07) is 3.94. The number of halogens is 1. The zero-order valence-corrected chi connectivity index (χ0v) is 7.23. The Labute approximate surface area is 75.8 Å². The van der Waals surface area contributed by atoms with Gasteiger partial charge in [-0.15, -0.1) is 0 Å². The van der Waals surface area contributed by atoms with E-state index in [1.165, 1.54) is 5.56 Å². The first kappa shape index (κ1) is 7.57. The number of hydrogen-bond donors (Lipinski definition) is 0. The van der Waals surface area contributed by atoms with Crippen molar-refractivity contribution in [1.29, 1.82) is 5.26 Å². The average Bonchev–Trinajstić information content (AvgIpc) is 2.50. The van der Waals surface area contributed by atoms with Gasteiger partial charge in [0, 0.05) is 0 Å². The molecule has 1 heterocycles. The minimum atomic E-state index is 0.437. The molecule has 0 aromatic carbocycles. The number of aromatic nitrogens is 1. The lowest BCUT2D eigenvalue weighted by Crippen LogP contribution is -1.92. The van der Waals surface area contributed by atoms with E-state index in [1.807, 2.05) is 6.07 Å². The van der Waals surface area contributed by atoms with Crippen LogP contribution in [-0.2, 0) is 12.8 Å². The summed E-state index contributed by atoms with van der Waals surface area (Å²) in [6.07, 6.45) is 3.13. The summed E-state index contributed by atoms with van der Waals surface area (Å²) in [6.45, 7) is 0. The maximum atomic E-state index is 8.76. The molecule has 3 heteroatoms. The molecule has 0 aliphatic heterocycles. The zero-order valence-electron chi connectivity index (χ0n) is 6.47. The molecule has 0 fully saturated rings. The monoisotopic (exact) mass is 178 g/mol. The lowest BCUT2D eigenvalue weighted by molar-refractivity contribution is 0.909. The number of nitrogens with zero attached hydrogens (tertiary/aromatic N) is 2. The number of nitriles is 1. The van der Waals surface area contributed by atoms with Crippen LogP contribution < -0.4 is 0 Å². The van der Waals surface area contributed by atoms with E-state index in [-0.39, 0.29) is 0 Å². The molecule has 0 amide bonds. The predicted octanol–water partition coefficient (Wildman–Crippen LogP) is 2.10. The predicted molar refractivity (Wildman–Crippen MR) is 46.0 cm³/mol. The number of fused-ring (bicyclic) bond motifs is 1. The van der Waals surface area contributed by atoms with Crippen LogP contribution in [0.15, 0.2) is 6.07 Å². The number of aryl methyl sites for hydroxylation is 1. The first-order chi connectivity index (χ1) is 5.81. The van der Waals surface area contributed by atoms with E-state index in [0.29, 0.717) is 10.8 Å². The molecule has 0 bridgehead atoms. The van der Waals surface area contributed by atoms with E-state index < -0.39 is 0 Å². The Hall–Kier alpha value is -1.07. The fourth-order valence-corrected chi connectivity index (χ4v) is 1.86. The largest absolute Gasteiger partial charge is 0.225 e. The van der Waals surface area contributed by atoms with Crippen molar-refractivity contribution in [3.05, 3.63) is 28.0 Å². The van der Waals surface area contributed by atoms with Gasteiger partial charge in [0.1, 0.15) is 16.9 Å². The maximum absolute atomic E-state index is 8.76. The standard InChI is InChI=1S/C9H7ClN2/c10-9-4-6-2-1-3-7(6)8(5-11)12-9/h4H,1-3H2. The summed E-state index contributed by atoms with van der Waals surface area (Å²) in [7, 11) is 0. The van der Waals surface area contributed by atoms with Gasteiger partial charge < -0.3 is 0 Å². The Morgan fingerprint density at radius 3 is 3.08 bits per heavy atom. The minimum absolute atomic E-state index is 0.437. The zero-order chi connectivity index (χ0) is 8.55. The van der Waals surface area contributed by atoms with Crippen LogP contribution in [0.4, 0.5) is 0 Å². The summed E-state index contributed by atoms with van der Waals surface area (Å²) >= 11 is 5.75. The van der Waals surface area contributed by atoms with Gasteiger partial charge in [-0.1, -0.05) is 11.6 Å². The van der Waals surface area contributed by atoms with Gasteiger partial charge in [0.05, 0.1) is 0 Å². The number of pyridine rings is 1. The van der Waals surface area contributed by atoms with Gasteiger partial charge in [-0.25, -0.2) is 4.98 Å². The van der Waals surface area contributed by atoms with Crippen molar-refractivity contribution in [3.63, 3.8) is 0 Å². The van der Waals surface area contributed by atoms with Gasteiger partial charge in [0.15, 0.2) is 0 Å². The van der Waals surface area contributed by atoms with E-state index in [0.717, 1.165) is 24.8 Å². The molecule has 0 spiro atoms. The van der Waals surface area contributed by atoms with Gasteiger partial charge in [-0.2, -0.15) is 5.26 Å². The highest BCUT2D eigenvalue weighted by Gasteiger charge is 2.16. The molecule has 0 saturated heterocycles. The van der Waals surface area contributed by atoms with Gasteiger partial charge >= 0.3 is 0 Å². The van der Waals surface area contributed by atoms with Gasteiger partial charge in [-0.05, 0) is 36.5 Å². The maximum Gasteiger partial charge on any atom is 0.145 e. The molecule has 60 valence electrons. The van der Waals surface area contributed by atoms with E-state index in [1.54, 1.807) is 0 Å². The molecule has 0 atom stereocenters. The van der Waals surface area contributed by atoms with E-state index in [2.05, 4.69) is 11.1 Å². The molecular weight excluding hydrogens is 172 g/mol. The summed E-state index contributed by atoms with van der Waals surface area (Å²) in [5, 5.41) is 9.19. The highest BCUT2D eigenvalue weighted by atomic mass is 35.5. The summed E-state index contributed by atoms with van der Waals surface area (Å²) in [4.78, 5) is 3.97. The van der Waals surface area contributed by atoms with E-state index in [4.69, 9.17) is 16.9 Å². The van der Waals surface area contributed by atoms with Crippen molar-refractivity contribution in [2.24, 2.45) is 0 Å². The lowest BCUT2D eigenvalue weighted by atomic mass is 10.1. The second kappa shape index (κ2) is 2.76. The molecular formula is C9H7ClN2. The van der Waals surface area contributed by atoms with Crippen LogP contribution in [0.3, 0.4) is 0 Å². The Balaban J connectivity index is 2.64. The van der Waals surface area contributed by atoms with Crippen LogP contribution in [0, 0.1) is 11.3 Å². The fraction of sp³-hybridized carbons (Fsp3) is 0.333. The summed E-state index contributed by atoms with van der Waals surface area (Å²) in [5.41, 5.74) is 2.81. The smallest absolute Gasteiger partial charge is 0.145 e. The van der Waals surface area contributed by atoms with Crippen LogP contribution in [0.2, 0.25) is 5.15 Å². The first-order valence-electron chi connectivity index (χ1n) is 3.89.